The first-order valence-corrected chi connectivity index (χ1v) is 10.7. The highest BCUT2D eigenvalue weighted by Crippen LogP contribution is 2.30. The van der Waals surface area contributed by atoms with E-state index in [1.165, 1.54) is 16.4 Å². The lowest BCUT2D eigenvalue weighted by Crippen LogP contribution is -2.36. The Labute approximate surface area is 180 Å². The third-order valence-corrected chi connectivity index (χ3v) is 6.65. The standard InChI is InChI=1S/C18H17ClF3N3O5S/c19-15-9-12(10-16(26)24-15)17(30-23)11-5-7-25(8-6-11)31(27,28)14-3-1-13(2-4-14)29-18(20,21)22/h1-4,9-10H,5-8,23H2,(H,24,26). The van der Waals surface area contributed by atoms with Crippen molar-refractivity contribution in [3.63, 3.8) is 0 Å². The number of pyridine rings is 1. The Balaban J connectivity index is 1.77. The summed E-state index contributed by atoms with van der Waals surface area (Å²) in [6.07, 6.45) is -4.33. The number of piperidine rings is 1. The maximum atomic E-state index is 12.8. The summed E-state index contributed by atoms with van der Waals surface area (Å²) in [6, 6.07) is 6.70. The van der Waals surface area contributed by atoms with Gasteiger partial charge < -0.3 is 14.6 Å². The van der Waals surface area contributed by atoms with Crippen LogP contribution in [0.1, 0.15) is 18.4 Å². The third-order valence-electron chi connectivity index (χ3n) is 4.53. The number of nitrogens with zero attached hydrogens (tertiary/aromatic N) is 1. The van der Waals surface area contributed by atoms with Crippen LogP contribution in [0, 0.1) is 0 Å². The lowest BCUT2D eigenvalue weighted by molar-refractivity contribution is -0.274. The fourth-order valence-corrected chi connectivity index (χ4v) is 4.83. The van der Waals surface area contributed by atoms with Gasteiger partial charge in [-0.15, -0.1) is 13.2 Å². The van der Waals surface area contributed by atoms with Crippen LogP contribution in [-0.2, 0) is 14.9 Å². The van der Waals surface area contributed by atoms with Crippen molar-refractivity contribution in [2.24, 2.45) is 5.90 Å². The van der Waals surface area contributed by atoms with E-state index >= 15 is 0 Å². The number of halogens is 4. The van der Waals surface area contributed by atoms with Gasteiger partial charge >= 0.3 is 6.36 Å². The van der Waals surface area contributed by atoms with Gasteiger partial charge in [-0.25, -0.2) is 8.42 Å². The number of nitrogens with two attached hydrogens (primary N) is 1. The lowest BCUT2D eigenvalue weighted by Gasteiger charge is -2.28. The Kier molecular flexibility index (Phi) is 6.65. The van der Waals surface area contributed by atoms with E-state index in [9.17, 15) is 26.4 Å². The van der Waals surface area contributed by atoms with E-state index in [0.29, 0.717) is 11.1 Å². The zero-order valence-electron chi connectivity index (χ0n) is 15.8. The molecule has 3 N–H and O–H groups in total. The second-order valence-electron chi connectivity index (χ2n) is 6.56. The van der Waals surface area contributed by atoms with Crippen LogP contribution in [0.25, 0.3) is 5.76 Å². The number of aromatic amines is 1. The molecule has 1 aliphatic rings. The molecule has 0 amide bonds. The number of hydrogen-bond donors (Lipinski definition) is 2. The molecule has 2 heterocycles. The van der Waals surface area contributed by atoms with Crippen LogP contribution < -0.4 is 16.2 Å². The highest BCUT2D eigenvalue weighted by atomic mass is 35.5. The predicted molar refractivity (Wildman–Crippen MR) is 105 cm³/mol. The molecule has 31 heavy (non-hydrogen) atoms. The smallest absolute Gasteiger partial charge is 0.411 e. The van der Waals surface area contributed by atoms with Gasteiger partial charge in [0, 0.05) is 24.7 Å². The van der Waals surface area contributed by atoms with Crippen molar-refractivity contribution in [3.8, 4) is 5.75 Å². The first-order valence-electron chi connectivity index (χ1n) is 8.84. The van der Waals surface area contributed by atoms with Crippen molar-refractivity contribution in [3.05, 3.63) is 63.0 Å². The van der Waals surface area contributed by atoms with Gasteiger partial charge in [0.2, 0.25) is 15.6 Å². The van der Waals surface area contributed by atoms with Gasteiger partial charge in [-0.05, 0) is 48.7 Å². The molecule has 1 fully saturated rings. The van der Waals surface area contributed by atoms with Gasteiger partial charge in [0.15, 0.2) is 5.76 Å². The minimum atomic E-state index is -4.87. The van der Waals surface area contributed by atoms with Gasteiger partial charge in [-0.1, -0.05) is 11.6 Å². The summed E-state index contributed by atoms with van der Waals surface area (Å²) in [5.41, 5.74) is 0.614. The molecule has 0 aliphatic carbocycles. The molecule has 0 unspecified atom stereocenters. The number of ether oxygens (including phenoxy) is 1. The number of H-pyrrole nitrogens is 1. The van der Waals surface area contributed by atoms with E-state index in [1.807, 2.05) is 0 Å². The molecule has 1 aliphatic heterocycles. The first-order chi connectivity index (χ1) is 14.5. The third kappa shape index (κ3) is 5.58. The Morgan fingerprint density at radius 1 is 1.13 bits per heavy atom. The molecule has 3 rings (SSSR count). The highest BCUT2D eigenvalue weighted by molar-refractivity contribution is 7.89. The van der Waals surface area contributed by atoms with E-state index in [2.05, 4.69) is 9.72 Å². The fraction of sp³-hybridized carbons (Fsp3) is 0.278. The number of aromatic nitrogens is 1. The minimum absolute atomic E-state index is 0.0856. The van der Waals surface area contributed by atoms with Crippen molar-refractivity contribution >= 4 is 27.4 Å². The van der Waals surface area contributed by atoms with Gasteiger partial charge in [-0.3, -0.25) is 4.79 Å². The van der Waals surface area contributed by atoms with E-state index in [0.717, 1.165) is 24.3 Å². The van der Waals surface area contributed by atoms with Gasteiger partial charge in [0.25, 0.3) is 0 Å². The maximum Gasteiger partial charge on any atom is 0.573 e. The first kappa shape index (κ1) is 23.1. The van der Waals surface area contributed by atoms with Crippen LogP contribution in [0.3, 0.4) is 0 Å². The summed E-state index contributed by atoms with van der Waals surface area (Å²) in [5.74, 6) is 5.09. The summed E-state index contributed by atoms with van der Waals surface area (Å²) in [6.45, 7) is 0.171. The van der Waals surface area contributed by atoms with Gasteiger partial charge in [0.1, 0.15) is 10.9 Å². The van der Waals surface area contributed by atoms with Crippen molar-refractivity contribution in [2.45, 2.75) is 24.1 Å². The molecule has 1 aromatic carbocycles. The number of rotatable bonds is 5. The van der Waals surface area contributed by atoms with Crippen molar-refractivity contribution in [1.82, 2.24) is 9.29 Å². The molecule has 8 nitrogen and oxygen atoms in total. The SMILES string of the molecule is NOC(=C1CCN(S(=O)(=O)c2ccc(OC(F)(F)F)cc2)CC1)c1cc(Cl)[nH]c(=O)c1. The number of benzene rings is 1. The second-order valence-corrected chi connectivity index (χ2v) is 8.90. The van der Waals surface area contributed by atoms with Gasteiger partial charge in [-0.2, -0.15) is 10.2 Å². The Bertz CT molecular complexity index is 1140. The number of sulfonamides is 1. The molecular formula is C18H17ClF3N3O5S. The van der Waals surface area contributed by atoms with E-state index < -0.39 is 27.7 Å². The van der Waals surface area contributed by atoms with E-state index in [4.69, 9.17) is 22.3 Å². The molecular weight excluding hydrogens is 463 g/mol. The molecule has 0 saturated carbocycles. The average molecular weight is 480 g/mol. The molecule has 168 valence electrons. The molecule has 1 saturated heterocycles. The molecule has 13 heteroatoms. The molecule has 0 spiro atoms. The minimum Gasteiger partial charge on any atom is -0.411 e. The number of alkyl halides is 3. The van der Waals surface area contributed by atoms with Crippen LogP contribution in [0.15, 0.2) is 51.7 Å². The van der Waals surface area contributed by atoms with Crippen LogP contribution in [0.2, 0.25) is 5.15 Å². The number of nitrogens with one attached hydrogen (secondary N) is 1. The average Bonchev–Trinajstić information content (AvgIpc) is 2.67. The molecule has 0 radical (unpaired) electrons. The van der Waals surface area contributed by atoms with Crippen LogP contribution in [0.4, 0.5) is 13.2 Å². The maximum absolute atomic E-state index is 12.8. The molecule has 0 bridgehead atoms. The second kappa shape index (κ2) is 8.91. The van der Waals surface area contributed by atoms with Crippen LogP contribution >= 0.6 is 11.6 Å². The topological polar surface area (TPSA) is 115 Å². The van der Waals surface area contributed by atoms with Crippen molar-refractivity contribution < 1.29 is 31.2 Å². The Hall–Kier alpha value is -2.54. The summed E-state index contributed by atoms with van der Waals surface area (Å²) < 4.78 is 67.4. The zero-order valence-corrected chi connectivity index (χ0v) is 17.4. The normalized spacial score (nSPS) is 15.6. The van der Waals surface area contributed by atoms with Crippen molar-refractivity contribution in [1.29, 1.82) is 0 Å². The van der Waals surface area contributed by atoms with Crippen LogP contribution in [-0.4, -0.2) is 37.2 Å². The Morgan fingerprint density at radius 2 is 1.74 bits per heavy atom. The highest BCUT2D eigenvalue weighted by Gasteiger charge is 2.32. The molecule has 1 aromatic heterocycles. The summed E-state index contributed by atoms with van der Waals surface area (Å²) >= 11 is 5.85. The van der Waals surface area contributed by atoms with Gasteiger partial charge in [0.05, 0.1) is 4.90 Å². The lowest BCUT2D eigenvalue weighted by atomic mass is 10.0. The fourth-order valence-electron chi connectivity index (χ4n) is 3.18. The summed E-state index contributed by atoms with van der Waals surface area (Å²) in [4.78, 5) is 18.8. The summed E-state index contributed by atoms with van der Waals surface area (Å²) in [7, 11) is -3.93. The van der Waals surface area contributed by atoms with E-state index in [1.54, 1.807) is 0 Å². The van der Waals surface area contributed by atoms with Crippen molar-refractivity contribution in [2.75, 3.05) is 13.1 Å². The zero-order chi connectivity index (χ0) is 22.8. The quantitative estimate of drug-likeness (QED) is 0.387. The van der Waals surface area contributed by atoms with Crippen LogP contribution in [0.5, 0.6) is 5.75 Å². The Morgan fingerprint density at radius 3 is 2.26 bits per heavy atom. The largest absolute Gasteiger partial charge is 0.573 e. The molecule has 2 aromatic rings. The van der Waals surface area contributed by atoms with E-state index in [-0.39, 0.29) is 41.7 Å². The predicted octanol–water partition coefficient (Wildman–Crippen LogP) is 3.01. The molecule has 0 atom stereocenters. The number of hydrogen-bond acceptors (Lipinski definition) is 6. The monoisotopic (exact) mass is 479 g/mol. The summed E-state index contributed by atoms with van der Waals surface area (Å²) in [5, 5.41) is 0.0932.